The fourth-order valence-corrected chi connectivity index (χ4v) is 3.21. The SMILES string of the molecule is C=CCNS(=O)(=O)c1cccc(C(=O)NCc2cccc(C)c2)c1. The molecule has 2 aromatic rings. The Hall–Kier alpha value is -2.44. The lowest BCUT2D eigenvalue weighted by Crippen LogP contribution is -2.25. The third-order valence-electron chi connectivity index (χ3n) is 3.36. The van der Waals surface area contributed by atoms with Crippen LogP contribution in [0.1, 0.15) is 21.5 Å². The quantitative estimate of drug-likeness (QED) is 0.757. The van der Waals surface area contributed by atoms with Gasteiger partial charge in [0.1, 0.15) is 0 Å². The second-order valence-corrected chi connectivity index (χ2v) is 7.11. The van der Waals surface area contributed by atoms with E-state index < -0.39 is 10.0 Å². The number of sulfonamides is 1. The van der Waals surface area contributed by atoms with Gasteiger partial charge < -0.3 is 5.32 Å². The van der Waals surface area contributed by atoms with E-state index in [0.717, 1.165) is 11.1 Å². The first-order valence-corrected chi connectivity index (χ1v) is 8.95. The fraction of sp³-hybridized carbons (Fsp3) is 0.167. The Morgan fingerprint density at radius 1 is 1.17 bits per heavy atom. The molecule has 6 heteroatoms. The van der Waals surface area contributed by atoms with Crippen LogP contribution in [-0.2, 0) is 16.6 Å². The van der Waals surface area contributed by atoms with Gasteiger partial charge in [-0.05, 0) is 30.7 Å². The van der Waals surface area contributed by atoms with Gasteiger partial charge in [0.25, 0.3) is 5.91 Å². The Morgan fingerprint density at radius 3 is 2.62 bits per heavy atom. The highest BCUT2D eigenvalue weighted by molar-refractivity contribution is 7.89. The molecule has 0 radical (unpaired) electrons. The zero-order chi connectivity index (χ0) is 17.6. The van der Waals surface area contributed by atoms with Crippen molar-refractivity contribution in [1.82, 2.24) is 10.0 Å². The van der Waals surface area contributed by atoms with Gasteiger partial charge in [-0.3, -0.25) is 4.79 Å². The van der Waals surface area contributed by atoms with Gasteiger partial charge in [-0.15, -0.1) is 6.58 Å². The Kier molecular flexibility index (Phi) is 5.89. The van der Waals surface area contributed by atoms with Crippen LogP contribution in [0.5, 0.6) is 0 Å². The number of carbonyl (C=O) groups is 1. The minimum atomic E-state index is -3.65. The van der Waals surface area contributed by atoms with E-state index in [1.54, 1.807) is 12.1 Å². The average molecular weight is 344 g/mol. The van der Waals surface area contributed by atoms with Crippen LogP contribution in [0.25, 0.3) is 0 Å². The molecule has 5 nitrogen and oxygen atoms in total. The Balaban J connectivity index is 2.10. The van der Waals surface area contributed by atoms with E-state index >= 15 is 0 Å². The zero-order valence-corrected chi connectivity index (χ0v) is 14.3. The van der Waals surface area contributed by atoms with E-state index in [1.807, 2.05) is 31.2 Å². The van der Waals surface area contributed by atoms with Crippen LogP contribution in [0.4, 0.5) is 0 Å². The number of rotatable bonds is 7. The fourth-order valence-electron chi connectivity index (χ4n) is 2.16. The second kappa shape index (κ2) is 7.90. The first-order valence-electron chi connectivity index (χ1n) is 7.47. The van der Waals surface area contributed by atoms with Crippen molar-refractivity contribution in [2.45, 2.75) is 18.4 Å². The maximum atomic E-state index is 12.3. The Bertz CT molecular complexity index is 845. The van der Waals surface area contributed by atoms with E-state index in [9.17, 15) is 13.2 Å². The van der Waals surface area contributed by atoms with Gasteiger partial charge in [0.2, 0.25) is 10.0 Å². The van der Waals surface area contributed by atoms with Crippen LogP contribution in [0, 0.1) is 6.92 Å². The predicted octanol–water partition coefficient (Wildman–Crippen LogP) is 2.39. The van der Waals surface area contributed by atoms with Crippen molar-refractivity contribution in [3.05, 3.63) is 77.9 Å². The highest BCUT2D eigenvalue weighted by Crippen LogP contribution is 2.12. The maximum absolute atomic E-state index is 12.3. The standard InChI is InChI=1S/C18H20N2O3S/c1-3-10-20-24(22,23)17-9-5-8-16(12-17)18(21)19-13-15-7-4-6-14(2)11-15/h3-9,11-12,20H,1,10,13H2,2H3,(H,19,21). The van der Waals surface area contributed by atoms with Crippen LogP contribution in [-0.4, -0.2) is 20.9 Å². The molecule has 0 saturated carbocycles. The lowest BCUT2D eigenvalue weighted by Gasteiger charge is -2.08. The summed E-state index contributed by atoms with van der Waals surface area (Å²) in [5.74, 6) is -0.322. The van der Waals surface area contributed by atoms with Crippen molar-refractivity contribution in [3.8, 4) is 0 Å². The summed E-state index contributed by atoms with van der Waals surface area (Å²) >= 11 is 0. The highest BCUT2D eigenvalue weighted by atomic mass is 32.2. The summed E-state index contributed by atoms with van der Waals surface area (Å²) in [5.41, 5.74) is 2.40. The van der Waals surface area contributed by atoms with Crippen molar-refractivity contribution in [1.29, 1.82) is 0 Å². The molecule has 2 aromatic carbocycles. The van der Waals surface area contributed by atoms with Crippen molar-refractivity contribution < 1.29 is 13.2 Å². The number of carbonyl (C=O) groups excluding carboxylic acids is 1. The average Bonchev–Trinajstić information content (AvgIpc) is 2.58. The van der Waals surface area contributed by atoms with Crippen molar-refractivity contribution in [3.63, 3.8) is 0 Å². The normalized spacial score (nSPS) is 11.0. The van der Waals surface area contributed by atoms with Crippen LogP contribution >= 0.6 is 0 Å². The minimum Gasteiger partial charge on any atom is -0.348 e. The van der Waals surface area contributed by atoms with Crippen molar-refractivity contribution in [2.75, 3.05) is 6.54 Å². The lowest BCUT2D eigenvalue weighted by atomic mass is 10.1. The van der Waals surface area contributed by atoms with E-state index in [0.29, 0.717) is 12.1 Å². The number of hydrogen-bond acceptors (Lipinski definition) is 3. The van der Waals surface area contributed by atoms with Gasteiger partial charge in [0, 0.05) is 18.7 Å². The van der Waals surface area contributed by atoms with Gasteiger partial charge >= 0.3 is 0 Å². The molecule has 0 spiro atoms. The summed E-state index contributed by atoms with van der Waals surface area (Å²) in [7, 11) is -3.65. The zero-order valence-electron chi connectivity index (χ0n) is 13.5. The largest absolute Gasteiger partial charge is 0.348 e. The number of aryl methyl sites for hydroxylation is 1. The van der Waals surface area contributed by atoms with Crippen molar-refractivity contribution in [2.24, 2.45) is 0 Å². The lowest BCUT2D eigenvalue weighted by molar-refractivity contribution is 0.0950. The molecule has 0 aliphatic rings. The van der Waals surface area contributed by atoms with Crippen LogP contribution in [0.2, 0.25) is 0 Å². The predicted molar refractivity (Wildman–Crippen MR) is 94.2 cm³/mol. The molecule has 0 fully saturated rings. The molecule has 0 unspecified atom stereocenters. The molecule has 126 valence electrons. The van der Waals surface area contributed by atoms with Gasteiger partial charge in [-0.25, -0.2) is 13.1 Å². The summed E-state index contributed by atoms with van der Waals surface area (Å²) in [6.07, 6.45) is 1.45. The monoisotopic (exact) mass is 344 g/mol. The Labute approximate surface area is 142 Å². The first kappa shape index (κ1) is 17.9. The number of nitrogens with one attached hydrogen (secondary N) is 2. The highest BCUT2D eigenvalue weighted by Gasteiger charge is 2.15. The smallest absolute Gasteiger partial charge is 0.251 e. The van der Waals surface area contributed by atoms with Crippen LogP contribution < -0.4 is 10.0 Å². The molecule has 2 rings (SSSR count). The Morgan fingerprint density at radius 2 is 1.92 bits per heavy atom. The van der Waals surface area contributed by atoms with E-state index in [4.69, 9.17) is 0 Å². The van der Waals surface area contributed by atoms with Gasteiger partial charge in [-0.1, -0.05) is 42.0 Å². The number of benzene rings is 2. The van der Waals surface area contributed by atoms with Crippen LogP contribution in [0.3, 0.4) is 0 Å². The van der Waals surface area contributed by atoms with E-state index in [2.05, 4.69) is 16.6 Å². The third-order valence-corrected chi connectivity index (χ3v) is 4.78. The van der Waals surface area contributed by atoms with Crippen molar-refractivity contribution >= 4 is 15.9 Å². The molecular formula is C18H20N2O3S. The summed E-state index contributed by atoms with van der Waals surface area (Å²) in [6, 6.07) is 13.8. The summed E-state index contributed by atoms with van der Waals surface area (Å²) < 4.78 is 26.6. The van der Waals surface area contributed by atoms with Gasteiger partial charge in [-0.2, -0.15) is 0 Å². The molecule has 1 amide bonds. The molecular weight excluding hydrogens is 324 g/mol. The molecule has 0 heterocycles. The van der Waals surface area contributed by atoms with E-state index in [1.165, 1.54) is 18.2 Å². The van der Waals surface area contributed by atoms with Crippen LogP contribution in [0.15, 0.2) is 66.1 Å². The molecule has 24 heavy (non-hydrogen) atoms. The third kappa shape index (κ3) is 4.78. The van der Waals surface area contributed by atoms with E-state index in [-0.39, 0.29) is 17.3 Å². The molecule has 0 aliphatic carbocycles. The first-order chi connectivity index (χ1) is 11.4. The summed E-state index contributed by atoms with van der Waals surface area (Å²) in [5, 5.41) is 2.79. The molecule has 0 atom stereocenters. The molecule has 0 aliphatic heterocycles. The molecule has 0 aromatic heterocycles. The molecule has 0 saturated heterocycles. The molecule has 2 N–H and O–H groups in total. The summed E-state index contributed by atoms with van der Waals surface area (Å²) in [6.45, 7) is 5.97. The second-order valence-electron chi connectivity index (χ2n) is 5.34. The molecule has 0 bridgehead atoms. The topological polar surface area (TPSA) is 75.3 Å². The minimum absolute atomic E-state index is 0.0487. The maximum Gasteiger partial charge on any atom is 0.251 e. The number of hydrogen-bond donors (Lipinski definition) is 2. The van der Waals surface area contributed by atoms with Gasteiger partial charge in [0.15, 0.2) is 0 Å². The summed E-state index contributed by atoms with van der Waals surface area (Å²) in [4.78, 5) is 12.3. The number of amides is 1. The van der Waals surface area contributed by atoms with Gasteiger partial charge in [0.05, 0.1) is 4.90 Å².